The average molecular weight is 310 g/mol. The van der Waals surface area contributed by atoms with Crippen molar-refractivity contribution in [3.05, 3.63) is 0 Å². The Morgan fingerprint density at radius 2 is 1.50 bits per heavy atom. The molecular formula is C19H39N3. The van der Waals surface area contributed by atoms with Crippen LogP contribution in [-0.2, 0) is 0 Å². The van der Waals surface area contributed by atoms with Crippen LogP contribution in [-0.4, -0.2) is 73.1 Å². The van der Waals surface area contributed by atoms with Crippen LogP contribution in [0.4, 0.5) is 0 Å². The van der Waals surface area contributed by atoms with Crippen LogP contribution in [0.3, 0.4) is 0 Å². The van der Waals surface area contributed by atoms with Gasteiger partial charge in [-0.3, -0.25) is 4.90 Å². The lowest BCUT2D eigenvalue weighted by molar-refractivity contribution is 0.0802. The predicted octanol–water partition coefficient (Wildman–Crippen LogP) is 3.16. The van der Waals surface area contributed by atoms with Crippen LogP contribution >= 0.6 is 0 Å². The number of rotatable bonds is 7. The van der Waals surface area contributed by atoms with E-state index in [0.29, 0.717) is 0 Å². The van der Waals surface area contributed by atoms with Gasteiger partial charge in [0.15, 0.2) is 0 Å². The number of hydrogen-bond acceptors (Lipinski definition) is 3. The van der Waals surface area contributed by atoms with Gasteiger partial charge in [-0.1, -0.05) is 20.3 Å². The molecule has 0 aliphatic carbocycles. The van der Waals surface area contributed by atoms with Crippen molar-refractivity contribution in [2.75, 3.05) is 52.4 Å². The molecule has 130 valence electrons. The Balaban J connectivity index is 1.60. The molecule has 0 radical (unpaired) electrons. The van der Waals surface area contributed by atoms with Gasteiger partial charge in [0.25, 0.3) is 0 Å². The van der Waals surface area contributed by atoms with Crippen molar-refractivity contribution in [1.29, 1.82) is 0 Å². The first-order chi connectivity index (χ1) is 10.6. The Bertz CT molecular complexity index is 289. The first-order valence-corrected chi connectivity index (χ1v) is 9.77. The maximum absolute atomic E-state index is 2.72. The molecule has 3 nitrogen and oxygen atoms in total. The molecule has 3 heteroatoms. The van der Waals surface area contributed by atoms with E-state index in [0.717, 1.165) is 17.9 Å². The molecular weight excluding hydrogens is 270 g/mol. The van der Waals surface area contributed by atoms with Crippen LogP contribution < -0.4 is 0 Å². The van der Waals surface area contributed by atoms with E-state index in [-0.39, 0.29) is 0 Å². The molecule has 2 fully saturated rings. The third-order valence-electron chi connectivity index (χ3n) is 6.00. The summed E-state index contributed by atoms with van der Waals surface area (Å²) in [5.41, 5.74) is 0. The monoisotopic (exact) mass is 309 g/mol. The van der Waals surface area contributed by atoms with Crippen LogP contribution in [0.1, 0.15) is 53.4 Å². The summed E-state index contributed by atoms with van der Waals surface area (Å²) < 4.78 is 0. The van der Waals surface area contributed by atoms with Gasteiger partial charge in [-0.25, -0.2) is 0 Å². The van der Waals surface area contributed by atoms with Gasteiger partial charge in [0, 0.05) is 38.8 Å². The van der Waals surface area contributed by atoms with E-state index in [4.69, 9.17) is 0 Å². The Hall–Kier alpha value is -0.120. The second-order valence-electron chi connectivity index (χ2n) is 8.02. The number of piperazine rings is 1. The minimum Gasteiger partial charge on any atom is -0.303 e. The summed E-state index contributed by atoms with van der Waals surface area (Å²) in [5, 5.41) is 0. The maximum atomic E-state index is 2.72. The second-order valence-corrected chi connectivity index (χ2v) is 8.02. The van der Waals surface area contributed by atoms with E-state index >= 15 is 0 Å². The lowest BCUT2D eigenvalue weighted by Gasteiger charge is -2.40. The SMILES string of the molecule is CCC(C)CCN1CCC(CN2CCN(C(C)C)CC2)CC1. The maximum Gasteiger partial charge on any atom is 0.0113 e. The summed E-state index contributed by atoms with van der Waals surface area (Å²) in [7, 11) is 0. The first kappa shape index (κ1) is 18.2. The number of piperidine rings is 1. The van der Waals surface area contributed by atoms with Gasteiger partial charge < -0.3 is 9.80 Å². The highest BCUT2D eigenvalue weighted by molar-refractivity contribution is 4.79. The molecule has 2 saturated heterocycles. The minimum atomic E-state index is 0.718. The molecule has 1 unspecified atom stereocenters. The molecule has 0 aromatic heterocycles. The van der Waals surface area contributed by atoms with E-state index in [1.165, 1.54) is 78.0 Å². The van der Waals surface area contributed by atoms with Crippen molar-refractivity contribution in [1.82, 2.24) is 14.7 Å². The lowest BCUT2D eigenvalue weighted by atomic mass is 9.95. The fourth-order valence-corrected chi connectivity index (χ4v) is 3.83. The highest BCUT2D eigenvalue weighted by Crippen LogP contribution is 2.20. The van der Waals surface area contributed by atoms with Crippen LogP contribution in [0.25, 0.3) is 0 Å². The molecule has 2 aliphatic heterocycles. The molecule has 2 heterocycles. The number of likely N-dealkylation sites (tertiary alicyclic amines) is 1. The van der Waals surface area contributed by atoms with Crippen molar-refractivity contribution >= 4 is 0 Å². The third kappa shape index (κ3) is 5.82. The molecule has 0 bridgehead atoms. The van der Waals surface area contributed by atoms with Crippen LogP contribution in [0.15, 0.2) is 0 Å². The first-order valence-electron chi connectivity index (χ1n) is 9.77. The van der Waals surface area contributed by atoms with E-state index in [1.54, 1.807) is 0 Å². The van der Waals surface area contributed by atoms with Gasteiger partial charge in [0.1, 0.15) is 0 Å². The van der Waals surface area contributed by atoms with Crippen molar-refractivity contribution < 1.29 is 0 Å². The van der Waals surface area contributed by atoms with Crippen LogP contribution in [0, 0.1) is 11.8 Å². The molecule has 0 amide bonds. The summed E-state index contributed by atoms with van der Waals surface area (Å²) >= 11 is 0. The fourth-order valence-electron chi connectivity index (χ4n) is 3.83. The van der Waals surface area contributed by atoms with Crippen molar-refractivity contribution in [2.24, 2.45) is 11.8 Å². The zero-order valence-corrected chi connectivity index (χ0v) is 15.6. The van der Waals surface area contributed by atoms with E-state index in [1.807, 2.05) is 0 Å². The molecule has 2 aliphatic rings. The Morgan fingerprint density at radius 3 is 2.05 bits per heavy atom. The van der Waals surface area contributed by atoms with Gasteiger partial charge in [0.2, 0.25) is 0 Å². The minimum absolute atomic E-state index is 0.718. The summed E-state index contributed by atoms with van der Waals surface area (Å²) in [4.78, 5) is 8.05. The zero-order valence-electron chi connectivity index (χ0n) is 15.6. The summed E-state index contributed by atoms with van der Waals surface area (Å²) in [6, 6.07) is 0.718. The largest absolute Gasteiger partial charge is 0.303 e. The summed E-state index contributed by atoms with van der Waals surface area (Å²) in [5.74, 6) is 1.85. The summed E-state index contributed by atoms with van der Waals surface area (Å²) in [6.07, 6.45) is 5.56. The molecule has 0 aromatic carbocycles. The lowest BCUT2D eigenvalue weighted by Crippen LogP contribution is -2.50. The standard InChI is InChI=1S/C19H39N3/c1-5-18(4)6-9-20-10-7-19(8-11-20)16-21-12-14-22(15-13-21)17(2)3/h17-19H,5-16H2,1-4H3. The van der Waals surface area contributed by atoms with E-state index < -0.39 is 0 Å². The van der Waals surface area contributed by atoms with Gasteiger partial charge in [-0.15, -0.1) is 0 Å². The average Bonchev–Trinajstić information content (AvgIpc) is 2.54. The van der Waals surface area contributed by atoms with Gasteiger partial charge in [0.05, 0.1) is 0 Å². The molecule has 2 rings (SSSR count). The van der Waals surface area contributed by atoms with Gasteiger partial charge >= 0.3 is 0 Å². The molecule has 0 aromatic rings. The highest BCUT2D eigenvalue weighted by Gasteiger charge is 2.24. The third-order valence-corrected chi connectivity index (χ3v) is 6.00. The Labute approximate surface area is 139 Å². The predicted molar refractivity (Wildman–Crippen MR) is 96.4 cm³/mol. The molecule has 0 saturated carbocycles. The van der Waals surface area contributed by atoms with Crippen molar-refractivity contribution in [3.63, 3.8) is 0 Å². The Morgan fingerprint density at radius 1 is 0.864 bits per heavy atom. The molecule has 0 N–H and O–H groups in total. The fraction of sp³-hybridized carbons (Fsp3) is 1.00. The zero-order chi connectivity index (χ0) is 15.9. The highest BCUT2D eigenvalue weighted by atomic mass is 15.3. The van der Waals surface area contributed by atoms with Gasteiger partial charge in [-0.2, -0.15) is 0 Å². The quantitative estimate of drug-likeness (QED) is 0.715. The number of hydrogen-bond donors (Lipinski definition) is 0. The molecule has 22 heavy (non-hydrogen) atoms. The Kier molecular flexibility index (Phi) is 7.66. The topological polar surface area (TPSA) is 9.72 Å². The van der Waals surface area contributed by atoms with Crippen molar-refractivity contribution in [2.45, 2.75) is 59.4 Å². The molecule has 0 spiro atoms. The van der Waals surface area contributed by atoms with Crippen molar-refractivity contribution in [3.8, 4) is 0 Å². The van der Waals surface area contributed by atoms with Crippen LogP contribution in [0.2, 0.25) is 0 Å². The normalized spacial score (nSPS) is 25.0. The number of nitrogens with zero attached hydrogens (tertiary/aromatic N) is 3. The molecule has 1 atom stereocenters. The summed E-state index contributed by atoms with van der Waals surface area (Å²) in [6.45, 7) is 19.8. The van der Waals surface area contributed by atoms with Gasteiger partial charge in [-0.05, 0) is 64.6 Å². The smallest absolute Gasteiger partial charge is 0.0113 e. The van der Waals surface area contributed by atoms with E-state index in [9.17, 15) is 0 Å². The van der Waals surface area contributed by atoms with Crippen LogP contribution in [0.5, 0.6) is 0 Å². The second kappa shape index (κ2) is 9.24. The van der Waals surface area contributed by atoms with E-state index in [2.05, 4.69) is 42.4 Å².